The van der Waals surface area contributed by atoms with Gasteiger partial charge in [-0.25, -0.2) is 4.79 Å². The topological polar surface area (TPSA) is 68.8 Å². The molecule has 6 heteroatoms. The number of nitrogens with zero attached hydrogens (tertiary/aromatic N) is 2. The summed E-state index contributed by atoms with van der Waals surface area (Å²) in [5, 5.41) is 8.81. The SMILES string of the molecule is CN=CNC.O=C(Nc1ccccc1)N1CCNCC1. The van der Waals surface area contributed by atoms with Gasteiger partial charge in [-0.15, -0.1) is 0 Å². The van der Waals surface area contributed by atoms with E-state index in [2.05, 4.69) is 20.9 Å². The van der Waals surface area contributed by atoms with Crippen LogP contribution in [0.3, 0.4) is 0 Å². The molecule has 0 spiro atoms. The third kappa shape index (κ3) is 6.19. The monoisotopic (exact) mass is 277 g/mol. The van der Waals surface area contributed by atoms with E-state index in [1.807, 2.05) is 42.3 Å². The second-order valence-electron chi connectivity index (χ2n) is 4.21. The average Bonchev–Trinajstić information content (AvgIpc) is 2.50. The third-order valence-electron chi connectivity index (χ3n) is 2.69. The Balaban J connectivity index is 0.000000347. The molecule has 1 aliphatic heterocycles. The predicted octanol–water partition coefficient (Wildman–Crippen LogP) is 0.988. The molecule has 1 fully saturated rings. The van der Waals surface area contributed by atoms with E-state index in [9.17, 15) is 4.79 Å². The summed E-state index contributed by atoms with van der Waals surface area (Å²) < 4.78 is 0. The molecule has 2 amide bonds. The van der Waals surface area contributed by atoms with Crippen LogP contribution in [0.15, 0.2) is 35.3 Å². The molecule has 1 aliphatic rings. The Kier molecular flexibility index (Phi) is 7.83. The minimum Gasteiger partial charge on any atom is -0.380 e. The Morgan fingerprint density at radius 3 is 2.45 bits per heavy atom. The van der Waals surface area contributed by atoms with Crippen LogP contribution < -0.4 is 16.0 Å². The maximum atomic E-state index is 11.8. The molecule has 1 saturated heterocycles. The third-order valence-corrected chi connectivity index (χ3v) is 2.69. The van der Waals surface area contributed by atoms with Gasteiger partial charge in [0.1, 0.15) is 0 Å². The number of urea groups is 1. The predicted molar refractivity (Wildman–Crippen MR) is 83.4 cm³/mol. The summed E-state index contributed by atoms with van der Waals surface area (Å²) in [6.07, 6.45) is 1.62. The van der Waals surface area contributed by atoms with E-state index in [4.69, 9.17) is 0 Å². The number of benzene rings is 1. The van der Waals surface area contributed by atoms with Gasteiger partial charge in [-0.05, 0) is 12.1 Å². The van der Waals surface area contributed by atoms with Crippen molar-refractivity contribution in [3.8, 4) is 0 Å². The Bertz CT molecular complexity index is 401. The number of amides is 2. The maximum Gasteiger partial charge on any atom is 0.321 e. The molecule has 110 valence electrons. The summed E-state index contributed by atoms with van der Waals surface area (Å²) in [5.41, 5.74) is 0.848. The molecular weight excluding hydrogens is 254 g/mol. The summed E-state index contributed by atoms with van der Waals surface area (Å²) in [5.74, 6) is 0. The quantitative estimate of drug-likeness (QED) is 0.558. The number of para-hydroxylation sites is 1. The fourth-order valence-electron chi connectivity index (χ4n) is 1.72. The zero-order valence-electron chi connectivity index (χ0n) is 12.1. The number of anilines is 1. The van der Waals surface area contributed by atoms with E-state index < -0.39 is 0 Å². The summed E-state index contributed by atoms with van der Waals surface area (Å²) in [6, 6.07) is 9.52. The number of nitrogens with one attached hydrogen (secondary N) is 3. The lowest BCUT2D eigenvalue weighted by Gasteiger charge is -2.27. The molecule has 0 aliphatic carbocycles. The van der Waals surface area contributed by atoms with Crippen molar-refractivity contribution >= 4 is 18.1 Å². The smallest absolute Gasteiger partial charge is 0.321 e. The van der Waals surface area contributed by atoms with Crippen LogP contribution in [0, 0.1) is 0 Å². The van der Waals surface area contributed by atoms with Crippen LogP contribution in [0.5, 0.6) is 0 Å². The summed E-state index contributed by atoms with van der Waals surface area (Å²) >= 11 is 0. The maximum absolute atomic E-state index is 11.8. The first kappa shape index (κ1) is 16.0. The average molecular weight is 277 g/mol. The van der Waals surface area contributed by atoms with E-state index in [-0.39, 0.29) is 6.03 Å². The molecule has 0 bridgehead atoms. The van der Waals surface area contributed by atoms with Crippen molar-refractivity contribution < 1.29 is 4.79 Å². The molecule has 1 heterocycles. The van der Waals surface area contributed by atoms with E-state index in [1.165, 1.54) is 0 Å². The fraction of sp³-hybridized carbons (Fsp3) is 0.429. The van der Waals surface area contributed by atoms with Gasteiger partial charge in [-0.1, -0.05) is 18.2 Å². The van der Waals surface area contributed by atoms with Gasteiger partial charge in [0.05, 0.1) is 6.34 Å². The molecule has 0 aromatic heterocycles. The van der Waals surface area contributed by atoms with Crippen molar-refractivity contribution in [1.82, 2.24) is 15.5 Å². The van der Waals surface area contributed by atoms with Gasteiger partial charge in [0, 0.05) is 46.0 Å². The van der Waals surface area contributed by atoms with Crippen LogP contribution >= 0.6 is 0 Å². The van der Waals surface area contributed by atoms with Crippen LogP contribution in [0.25, 0.3) is 0 Å². The highest BCUT2D eigenvalue weighted by atomic mass is 16.2. The molecule has 0 unspecified atom stereocenters. The van der Waals surface area contributed by atoms with E-state index in [0.717, 1.165) is 31.9 Å². The standard InChI is InChI=1S/C11H15N3O.C3H8N2/c15-11(14-8-6-12-7-9-14)13-10-4-2-1-3-5-10;1-4-3-5-2/h1-5,12H,6-9H2,(H,13,15);3H,1-2H3,(H,4,5). The normalized spacial score (nSPS) is 14.4. The van der Waals surface area contributed by atoms with Crippen molar-refractivity contribution in [3.63, 3.8) is 0 Å². The zero-order valence-corrected chi connectivity index (χ0v) is 12.1. The number of aliphatic imine (C=N–C) groups is 1. The Hall–Kier alpha value is -2.08. The Morgan fingerprint density at radius 2 is 1.95 bits per heavy atom. The summed E-state index contributed by atoms with van der Waals surface area (Å²) in [4.78, 5) is 17.2. The molecular formula is C14H23N5O. The Morgan fingerprint density at radius 1 is 1.30 bits per heavy atom. The van der Waals surface area contributed by atoms with Crippen LogP contribution in [0.4, 0.5) is 10.5 Å². The molecule has 0 atom stereocenters. The van der Waals surface area contributed by atoms with Crippen molar-refractivity contribution in [2.24, 2.45) is 4.99 Å². The lowest BCUT2D eigenvalue weighted by molar-refractivity contribution is 0.204. The highest BCUT2D eigenvalue weighted by Crippen LogP contribution is 2.06. The number of carbonyl (C=O) groups is 1. The number of piperazine rings is 1. The molecule has 1 aromatic rings. The lowest BCUT2D eigenvalue weighted by atomic mass is 10.3. The number of carbonyl (C=O) groups excluding carboxylic acids is 1. The number of hydrogen-bond donors (Lipinski definition) is 3. The van der Waals surface area contributed by atoms with Gasteiger partial charge in [0.25, 0.3) is 0 Å². The fourth-order valence-corrected chi connectivity index (χ4v) is 1.72. The van der Waals surface area contributed by atoms with E-state index in [0.29, 0.717) is 0 Å². The van der Waals surface area contributed by atoms with Gasteiger partial charge in [-0.3, -0.25) is 4.99 Å². The van der Waals surface area contributed by atoms with Gasteiger partial charge in [0.2, 0.25) is 0 Å². The second-order valence-corrected chi connectivity index (χ2v) is 4.21. The van der Waals surface area contributed by atoms with Crippen LogP contribution in [-0.2, 0) is 0 Å². The van der Waals surface area contributed by atoms with Gasteiger partial charge in [0.15, 0.2) is 0 Å². The van der Waals surface area contributed by atoms with Crippen molar-refractivity contribution in [3.05, 3.63) is 30.3 Å². The van der Waals surface area contributed by atoms with Crippen molar-refractivity contribution in [2.45, 2.75) is 0 Å². The number of hydrogen-bond acceptors (Lipinski definition) is 3. The zero-order chi connectivity index (χ0) is 14.6. The largest absolute Gasteiger partial charge is 0.380 e. The van der Waals surface area contributed by atoms with Crippen molar-refractivity contribution in [2.75, 3.05) is 45.6 Å². The van der Waals surface area contributed by atoms with Gasteiger partial charge in [-0.2, -0.15) is 0 Å². The lowest BCUT2D eigenvalue weighted by Crippen LogP contribution is -2.48. The first-order valence-electron chi connectivity index (χ1n) is 6.67. The van der Waals surface area contributed by atoms with Crippen LogP contribution in [0.2, 0.25) is 0 Å². The van der Waals surface area contributed by atoms with Crippen molar-refractivity contribution in [1.29, 1.82) is 0 Å². The highest BCUT2D eigenvalue weighted by molar-refractivity contribution is 5.89. The summed E-state index contributed by atoms with van der Waals surface area (Å²) in [7, 11) is 3.53. The van der Waals surface area contributed by atoms with E-state index in [1.54, 1.807) is 13.4 Å². The van der Waals surface area contributed by atoms with Gasteiger partial charge >= 0.3 is 6.03 Å². The molecule has 6 nitrogen and oxygen atoms in total. The molecule has 3 N–H and O–H groups in total. The highest BCUT2D eigenvalue weighted by Gasteiger charge is 2.15. The molecule has 0 saturated carbocycles. The second kappa shape index (κ2) is 9.80. The molecule has 20 heavy (non-hydrogen) atoms. The van der Waals surface area contributed by atoms with Crippen LogP contribution in [-0.4, -0.2) is 57.5 Å². The molecule has 2 rings (SSSR count). The minimum absolute atomic E-state index is 0.0114. The first-order valence-corrected chi connectivity index (χ1v) is 6.67. The van der Waals surface area contributed by atoms with Gasteiger partial charge < -0.3 is 20.9 Å². The Labute approximate surface area is 120 Å². The molecule has 1 aromatic carbocycles. The minimum atomic E-state index is -0.0114. The number of rotatable bonds is 2. The molecule has 0 radical (unpaired) electrons. The summed E-state index contributed by atoms with van der Waals surface area (Å²) in [6.45, 7) is 3.31. The van der Waals surface area contributed by atoms with E-state index >= 15 is 0 Å². The van der Waals surface area contributed by atoms with Crippen LogP contribution in [0.1, 0.15) is 0 Å². The first-order chi connectivity index (χ1) is 9.77.